The minimum Gasteiger partial charge on any atom is -0.382 e. The molecule has 3 nitrogen and oxygen atoms in total. The molecular weight excluding hydrogens is 260 g/mol. The maximum atomic E-state index is 8.76. The Morgan fingerprint density at radius 1 is 1.32 bits per heavy atom. The van der Waals surface area contributed by atoms with E-state index >= 15 is 0 Å². The van der Waals surface area contributed by atoms with Gasteiger partial charge in [-0.1, -0.05) is 30.9 Å². The molecule has 1 saturated carbocycles. The molecule has 1 aromatic rings. The molecule has 0 radical (unpaired) electrons. The molecule has 19 heavy (non-hydrogen) atoms. The molecule has 2 rings (SSSR count). The van der Waals surface area contributed by atoms with Crippen LogP contribution in [0.1, 0.15) is 37.7 Å². The van der Waals surface area contributed by atoms with Crippen LogP contribution in [0.4, 0.5) is 5.69 Å². The molecule has 102 valence electrons. The summed E-state index contributed by atoms with van der Waals surface area (Å²) in [6, 6.07) is 7.34. The average Bonchev–Trinajstić information content (AvgIpc) is 2.46. The van der Waals surface area contributed by atoms with Gasteiger partial charge in [0.25, 0.3) is 0 Å². The monoisotopic (exact) mass is 278 g/mol. The van der Waals surface area contributed by atoms with Crippen LogP contribution in [0.5, 0.6) is 0 Å². The Morgan fingerprint density at radius 2 is 2.11 bits per heavy atom. The molecule has 0 bridgehead atoms. The Morgan fingerprint density at radius 3 is 2.79 bits per heavy atom. The van der Waals surface area contributed by atoms with E-state index in [4.69, 9.17) is 21.6 Å². The Labute approximate surface area is 119 Å². The van der Waals surface area contributed by atoms with Crippen LogP contribution in [0.25, 0.3) is 0 Å². The third-order valence-corrected chi connectivity index (χ3v) is 3.73. The first kappa shape index (κ1) is 14.2. The Hall–Kier alpha value is -1.24. The standard InChI is InChI=1S/C15H19ClN2O/c16-14-10-12(11-17)6-7-15(14)18-8-9-19-13-4-2-1-3-5-13/h6-7,10,13,18H,1-5,8-9H2. The summed E-state index contributed by atoms with van der Waals surface area (Å²) in [5.41, 5.74) is 1.43. The van der Waals surface area contributed by atoms with Crippen LogP contribution < -0.4 is 5.32 Å². The highest BCUT2D eigenvalue weighted by Crippen LogP contribution is 2.23. The number of nitrogens with one attached hydrogen (secondary N) is 1. The van der Waals surface area contributed by atoms with Crippen molar-refractivity contribution in [2.24, 2.45) is 0 Å². The van der Waals surface area contributed by atoms with Gasteiger partial charge in [-0.15, -0.1) is 0 Å². The molecule has 0 spiro atoms. The zero-order valence-corrected chi connectivity index (χ0v) is 11.7. The molecule has 1 aliphatic carbocycles. The van der Waals surface area contributed by atoms with Gasteiger partial charge in [-0.3, -0.25) is 0 Å². The summed E-state index contributed by atoms with van der Waals surface area (Å²) >= 11 is 6.08. The first-order chi connectivity index (χ1) is 9.29. The number of anilines is 1. The second-order valence-corrected chi connectivity index (χ2v) is 5.27. The van der Waals surface area contributed by atoms with E-state index in [0.717, 1.165) is 12.2 Å². The van der Waals surface area contributed by atoms with Crippen molar-refractivity contribution in [2.75, 3.05) is 18.5 Å². The van der Waals surface area contributed by atoms with Crippen LogP contribution in [0.2, 0.25) is 5.02 Å². The van der Waals surface area contributed by atoms with Crippen LogP contribution in [0.3, 0.4) is 0 Å². The third kappa shape index (κ3) is 4.41. The van der Waals surface area contributed by atoms with Crippen molar-refractivity contribution in [3.05, 3.63) is 28.8 Å². The van der Waals surface area contributed by atoms with Gasteiger partial charge in [0.05, 0.1) is 35.1 Å². The van der Waals surface area contributed by atoms with E-state index in [1.54, 1.807) is 12.1 Å². The number of hydrogen-bond donors (Lipinski definition) is 1. The van der Waals surface area contributed by atoms with Crippen LogP contribution in [0, 0.1) is 11.3 Å². The summed E-state index contributed by atoms with van der Waals surface area (Å²) in [6.45, 7) is 1.43. The first-order valence-corrected chi connectivity index (χ1v) is 7.22. The quantitative estimate of drug-likeness (QED) is 0.829. The fourth-order valence-corrected chi connectivity index (χ4v) is 2.62. The van der Waals surface area contributed by atoms with Crippen molar-refractivity contribution in [1.82, 2.24) is 0 Å². The highest BCUT2D eigenvalue weighted by Gasteiger charge is 2.13. The first-order valence-electron chi connectivity index (χ1n) is 6.85. The highest BCUT2D eigenvalue weighted by molar-refractivity contribution is 6.33. The van der Waals surface area contributed by atoms with Gasteiger partial charge in [0, 0.05) is 6.54 Å². The Bertz CT molecular complexity index is 450. The van der Waals surface area contributed by atoms with Crippen molar-refractivity contribution in [3.8, 4) is 6.07 Å². The van der Waals surface area contributed by atoms with Gasteiger partial charge < -0.3 is 10.1 Å². The van der Waals surface area contributed by atoms with Gasteiger partial charge >= 0.3 is 0 Å². The smallest absolute Gasteiger partial charge is 0.0992 e. The van der Waals surface area contributed by atoms with Crippen molar-refractivity contribution < 1.29 is 4.74 Å². The van der Waals surface area contributed by atoms with E-state index < -0.39 is 0 Å². The molecule has 1 fully saturated rings. The fraction of sp³-hybridized carbons (Fsp3) is 0.533. The number of halogens is 1. The molecule has 0 heterocycles. The second-order valence-electron chi connectivity index (χ2n) is 4.86. The van der Waals surface area contributed by atoms with E-state index in [-0.39, 0.29) is 0 Å². The minimum absolute atomic E-state index is 0.437. The van der Waals surface area contributed by atoms with Gasteiger partial charge in [0.2, 0.25) is 0 Å². The van der Waals surface area contributed by atoms with Gasteiger partial charge in [0.1, 0.15) is 0 Å². The zero-order chi connectivity index (χ0) is 13.5. The van der Waals surface area contributed by atoms with Crippen molar-refractivity contribution >= 4 is 17.3 Å². The number of hydrogen-bond acceptors (Lipinski definition) is 3. The maximum Gasteiger partial charge on any atom is 0.0992 e. The summed E-state index contributed by atoms with van der Waals surface area (Å²) in [5, 5.41) is 12.6. The summed E-state index contributed by atoms with van der Waals surface area (Å²) in [6.07, 6.45) is 6.75. The van der Waals surface area contributed by atoms with Crippen molar-refractivity contribution in [3.63, 3.8) is 0 Å². The number of nitrogens with zero attached hydrogens (tertiary/aromatic N) is 1. The molecular formula is C15H19ClN2O. The molecule has 0 saturated heterocycles. The molecule has 0 unspecified atom stereocenters. The van der Waals surface area contributed by atoms with Gasteiger partial charge in [0.15, 0.2) is 0 Å². The normalized spacial score (nSPS) is 16.0. The molecule has 1 aromatic carbocycles. The lowest BCUT2D eigenvalue weighted by atomic mass is 9.98. The van der Waals surface area contributed by atoms with Crippen LogP contribution in [-0.2, 0) is 4.74 Å². The Kier molecular flexibility index (Phi) is 5.50. The number of benzene rings is 1. The molecule has 0 amide bonds. The minimum atomic E-state index is 0.437. The van der Waals surface area contributed by atoms with E-state index in [0.29, 0.717) is 23.3 Å². The number of ether oxygens (including phenoxy) is 1. The van der Waals surface area contributed by atoms with Crippen LogP contribution in [0.15, 0.2) is 18.2 Å². The van der Waals surface area contributed by atoms with Crippen LogP contribution >= 0.6 is 11.6 Å². The maximum absolute atomic E-state index is 8.76. The highest BCUT2D eigenvalue weighted by atomic mass is 35.5. The van der Waals surface area contributed by atoms with E-state index in [1.165, 1.54) is 32.1 Å². The lowest BCUT2D eigenvalue weighted by Gasteiger charge is -2.22. The molecule has 4 heteroatoms. The van der Waals surface area contributed by atoms with E-state index in [2.05, 4.69) is 11.4 Å². The van der Waals surface area contributed by atoms with Crippen molar-refractivity contribution in [2.45, 2.75) is 38.2 Å². The molecule has 0 aromatic heterocycles. The van der Waals surface area contributed by atoms with Gasteiger partial charge in [-0.05, 0) is 31.0 Å². The lowest BCUT2D eigenvalue weighted by Crippen LogP contribution is -2.20. The van der Waals surface area contributed by atoms with Gasteiger partial charge in [-0.25, -0.2) is 0 Å². The average molecular weight is 279 g/mol. The SMILES string of the molecule is N#Cc1ccc(NCCOC2CCCCC2)c(Cl)c1. The number of nitriles is 1. The zero-order valence-electron chi connectivity index (χ0n) is 11.0. The summed E-state index contributed by atoms with van der Waals surface area (Å²) in [5.74, 6) is 0. The summed E-state index contributed by atoms with van der Waals surface area (Å²) < 4.78 is 5.83. The topological polar surface area (TPSA) is 45.0 Å². The number of rotatable bonds is 5. The Balaban J connectivity index is 1.72. The summed E-state index contributed by atoms with van der Waals surface area (Å²) in [7, 11) is 0. The largest absolute Gasteiger partial charge is 0.382 e. The lowest BCUT2D eigenvalue weighted by molar-refractivity contribution is 0.0347. The third-order valence-electron chi connectivity index (χ3n) is 3.42. The molecule has 1 aliphatic rings. The molecule has 1 N–H and O–H groups in total. The molecule has 0 aliphatic heterocycles. The van der Waals surface area contributed by atoms with E-state index in [1.807, 2.05) is 6.07 Å². The van der Waals surface area contributed by atoms with Gasteiger partial charge in [-0.2, -0.15) is 5.26 Å². The van der Waals surface area contributed by atoms with Crippen molar-refractivity contribution in [1.29, 1.82) is 5.26 Å². The predicted molar refractivity (Wildman–Crippen MR) is 77.5 cm³/mol. The predicted octanol–water partition coefficient (Wildman–Crippen LogP) is 3.97. The fourth-order valence-electron chi connectivity index (χ4n) is 2.37. The molecule has 0 atom stereocenters. The summed E-state index contributed by atoms with van der Waals surface area (Å²) in [4.78, 5) is 0. The van der Waals surface area contributed by atoms with Crippen LogP contribution in [-0.4, -0.2) is 19.3 Å². The second kappa shape index (κ2) is 7.37. The van der Waals surface area contributed by atoms with E-state index in [9.17, 15) is 0 Å².